The van der Waals surface area contributed by atoms with Crippen molar-refractivity contribution in [2.75, 3.05) is 24.7 Å². The number of aromatic nitrogens is 2. The summed E-state index contributed by atoms with van der Waals surface area (Å²) in [7, 11) is -3.30. The van der Waals surface area contributed by atoms with Crippen LogP contribution >= 0.6 is 11.3 Å². The molecule has 0 radical (unpaired) electrons. The van der Waals surface area contributed by atoms with Crippen LogP contribution in [0.5, 0.6) is 0 Å². The van der Waals surface area contributed by atoms with Crippen molar-refractivity contribution >= 4 is 27.3 Å². The summed E-state index contributed by atoms with van der Waals surface area (Å²) in [6.45, 7) is 5.78. The number of aliphatic hydroxyl groups is 1. The van der Waals surface area contributed by atoms with Gasteiger partial charge in [0.25, 0.3) is 0 Å². The molecule has 3 heterocycles. The van der Waals surface area contributed by atoms with Crippen LogP contribution in [0.3, 0.4) is 0 Å². The summed E-state index contributed by atoms with van der Waals surface area (Å²) in [6.07, 6.45) is -1.89. The van der Waals surface area contributed by atoms with Gasteiger partial charge in [0, 0.05) is 36.6 Å². The van der Waals surface area contributed by atoms with Crippen molar-refractivity contribution in [2.45, 2.75) is 51.4 Å². The second-order valence-corrected chi connectivity index (χ2v) is 12.0. The Bertz CT molecular complexity index is 1060. The minimum atomic E-state index is -4.62. The Kier molecular flexibility index (Phi) is 6.90. The van der Waals surface area contributed by atoms with Gasteiger partial charge in [0.1, 0.15) is 5.56 Å². The molecule has 32 heavy (non-hydrogen) atoms. The summed E-state index contributed by atoms with van der Waals surface area (Å²) in [5.41, 5.74) is -2.13. The molecule has 0 bridgehead atoms. The smallest absolute Gasteiger partial charge is 0.390 e. The molecule has 3 rings (SSSR count). The Hall–Kier alpha value is -1.76. The van der Waals surface area contributed by atoms with E-state index in [4.69, 9.17) is 0 Å². The quantitative estimate of drug-likeness (QED) is 0.640. The fraction of sp³-hybridized carbons (Fsp3) is 0.600. The number of sulfonamides is 1. The average Bonchev–Trinajstić information content (AvgIpc) is 3.08. The summed E-state index contributed by atoms with van der Waals surface area (Å²) < 4.78 is 65.8. The second kappa shape index (κ2) is 8.88. The molecule has 0 spiro atoms. The summed E-state index contributed by atoms with van der Waals surface area (Å²) in [4.78, 5) is 9.15. The molecule has 0 aromatic carbocycles. The zero-order valence-corrected chi connectivity index (χ0v) is 19.9. The molecule has 12 heteroatoms. The van der Waals surface area contributed by atoms with Crippen LogP contribution in [0.4, 0.5) is 19.1 Å². The highest BCUT2D eigenvalue weighted by Crippen LogP contribution is 2.39. The molecular formula is C20H27F3N4O3S2. The number of rotatable bonds is 6. The van der Waals surface area contributed by atoms with Crippen LogP contribution in [0.1, 0.15) is 37.6 Å². The number of piperidine rings is 1. The first-order chi connectivity index (χ1) is 14.6. The Morgan fingerprint density at radius 2 is 2.00 bits per heavy atom. The Labute approximate surface area is 189 Å². The first-order valence-corrected chi connectivity index (χ1v) is 12.8. The van der Waals surface area contributed by atoms with E-state index in [1.807, 2.05) is 6.92 Å². The third-order valence-electron chi connectivity index (χ3n) is 5.25. The van der Waals surface area contributed by atoms with Crippen molar-refractivity contribution in [1.82, 2.24) is 14.3 Å². The van der Waals surface area contributed by atoms with Gasteiger partial charge in [-0.25, -0.2) is 22.7 Å². The van der Waals surface area contributed by atoms with Gasteiger partial charge in [0.15, 0.2) is 0 Å². The summed E-state index contributed by atoms with van der Waals surface area (Å²) in [6, 6.07) is 3.09. The fourth-order valence-electron chi connectivity index (χ4n) is 3.66. The van der Waals surface area contributed by atoms with E-state index in [-0.39, 0.29) is 23.6 Å². The van der Waals surface area contributed by atoms with Gasteiger partial charge in [-0.3, -0.25) is 0 Å². The number of alkyl halides is 3. The highest BCUT2D eigenvalue weighted by atomic mass is 32.2. The fourth-order valence-corrected chi connectivity index (χ4v) is 5.84. The van der Waals surface area contributed by atoms with E-state index in [9.17, 15) is 26.7 Å². The van der Waals surface area contributed by atoms with E-state index in [1.165, 1.54) is 4.31 Å². The van der Waals surface area contributed by atoms with Crippen LogP contribution in [-0.2, 0) is 22.6 Å². The van der Waals surface area contributed by atoms with Crippen LogP contribution in [-0.4, -0.2) is 58.8 Å². The van der Waals surface area contributed by atoms with E-state index in [0.29, 0.717) is 30.8 Å². The Morgan fingerprint density at radius 3 is 2.56 bits per heavy atom. The SMILES string of the molecule is C[C@@H]1CN(S(C)(=O)=O)CC[C@@H]1Nc1ncc(C(F)(F)F)c(-c2ccc(CC(C)(C)O)s2)n1. The van der Waals surface area contributed by atoms with Gasteiger partial charge in [0.05, 0.1) is 22.4 Å². The van der Waals surface area contributed by atoms with Crippen molar-refractivity contribution in [2.24, 2.45) is 5.92 Å². The lowest BCUT2D eigenvalue weighted by Crippen LogP contribution is -2.47. The third-order valence-corrected chi connectivity index (χ3v) is 7.61. The average molecular weight is 493 g/mol. The topological polar surface area (TPSA) is 95.4 Å². The molecule has 7 nitrogen and oxygen atoms in total. The monoisotopic (exact) mass is 492 g/mol. The number of nitrogens with zero attached hydrogens (tertiary/aromatic N) is 3. The van der Waals surface area contributed by atoms with Crippen molar-refractivity contribution in [3.05, 3.63) is 28.8 Å². The molecule has 1 saturated heterocycles. The van der Waals surface area contributed by atoms with Crippen molar-refractivity contribution in [1.29, 1.82) is 0 Å². The highest BCUT2D eigenvalue weighted by Gasteiger charge is 2.37. The van der Waals surface area contributed by atoms with Gasteiger partial charge < -0.3 is 10.4 Å². The first-order valence-electron chi connectivity index (χ1n) is 10.1. The molecule has 2 aromatic rings. The van der Waals surface area contributed by atoms with Crippen molar-refractivity contribution in [3.8, 4) is 10.6 Å². The lowest BCUT2D eigenvalue weighted by Gasteiger charge is -2.35. The van der Waals surface area contributed by atoms with Gasteiger partial charge in [-0.15, -0.1) is 11.3 Å². The lowest BCUT2D eigenvalue weighted by molar-refractivity contribution is -0.137. The van der Waals surface area contributed by atoms with Crippen LogP contribution < -0.4 is 5.32 Å². The number of hydrogen-bond acceptors (Lipinski definition) is 7. The number of thiophene rings is 1. The molecule has 0 amide bonds. The molecule has 2 N–H and O–H groups in total. The Balaban J connectivity index is 1.87. The van der Waals surface area contributed by atoms with E-state index in [1.54, 1.807) is 26.0 Å². The molecule has 1 fully saturated rings. The summed E-state index contributed by atoms with van der Waals surface area (Å²) in [5.74, 6) is -0.0111. The molecule has 178 valence electrons. The lowest BCUT2D eigenvalue weighted by atomic mass is 9.95. The van der Waals surface area contributed by atoms with Crippen LogP contribution in [0.15, 0.2) is 18.3 Å². The largest absolute Gasteiger partial charge is 0.420 e. The predicted octanol–water partition coefficient (Wildman–Crippen LogP) is 3.62. The molecule has 1 aliphatic heterocycles. The first kappa shape index (κ1) is 24.9. The van der Waals surface area contributed by atoms with E-state index in [0.717, 1.165) is 28.7 Å². The zero-order chi connectivity index (χ0) is 23.9. The van der Waals surface area contributed by atoms with Crippen LogP contribution in [0.2, 0.25) is 0 Å². The number of nitrogens with one attached hydrogen (secondary N) is 1. The minimum absolute atomic E-state index is 0.0649. The molecule has 0 saturated carbocycles. The van der Waals surface area contributed by atoms with Gasteiger partial charge in [-0.05, 0) is 38.3 Å². The molecule has 0 aliphatic carbocycles. The zero-order valence-electron chi connectivity index (χ0n) is 18.3. The predicted molar refractivity (Wildman–Crippen MR) is 118 cm³/mol. The third kappa shape index (κ3) is 6.18. The molecule has 2 aromatic heterocycles. The molecular weight excluding hydrogens is 465 g/mol. The maximum Gasteiger partial charge on any atom is 0.420 e. The van der Waals surface area contributed by atoms with Gasteiger partial charge in [-0.2, -0.15) is 13.2 Å². The van der Waals surface area contributed by atoms with E-state index in [2.05, 4.69) is 15.3 Å². The molecule has 0 unspecified atom stereocenters. The van der Waals surface area contributed by atoms with Crippen LogP contribution in [0.25, 0.3) is 10.6 Å². The summed E-state index contributed by atoms with van der Waals surface area (Å²) in [5, 5.41) is 13.1. The number of anilines is 1. The van der Waals surface area contributed by atoms with Crippen molar-refractivity contribution in [3.63, 3.8) is 0 Å². The van der Waals surface area contributed by atoms with Gasteiger partial charge in [0.2, 0.25) is 16.0 Å². The van der Waals surface area contributed by atoms with Crippen LogP contribution in [0, 0.1) is 5.92 Å². The standard InChI is InChI=1S/C20H27F3N4O3S2/c1-12-11-27(32(4,29)30)8-7-15(12)25-18-24-10-14(20(21,22)23)17(26-18)16-6-5-13(31-16)9-19(2,3)28/h5-6,10,12,15,28H,7-9,11H2,1-4H3,(H,24,25,26)/t12-,15+/m1/s1. The number of hydrogen-bond donors (Lipinski definition) is 2. The maximum atomic E-state index is 13.6. The Morgan fingerprint density at radius 1 is 1.31 bits per heavy atom. The second-order valence-electron chi connectivity index (χ2n) is 8.85. The maximum absolute atomic E-state index is 13.6. The minimum Gasteiger partial charge on any atom is -0.390 e. The van der Waals surface area contributed by atoms with E-state index >= 15 is 0 Å². The number of halogens is 3. The summed E-state index contributed by atoms with van der Waals surface area (Å²) >= 11 is 1.15. The normalized spacial score (nSPS) is 21.0. The van der Waals surface area contributed by atoms with Crippen molar-refractivity contribution < 1.29 is 26.7 Å². The van der Waals surface area contributed by atoms with Gasteiger partial charge >= 0.3 is 6.18 Å². The molecule has 2 atom stereocenters. The van der Waals surface area contributed by atoms with Gasteiger partial charge in [-0.1, -0.05) is 6.92 Å². The van der Waals surface area contributed by atoms with E-state index < -0.39 is 27.4 Å². The highest BCUT2D eigenvalue weighted by molar-refractivity contribution is 7.88. The molecule has 1 aliphatic rings.